The zero-order chi connectivity index (χ0) is 18.5. The van der Waals surface area contributed by atoms with Gasteiger partial charge in [0, 0.05) is 17.3 Å². The normalized spacial score (nSPS) is 9.17. The van der Waals surface area contributed by atoms with E-state index in [2.05, 4.69) is 28.9 Å². The van der Waals surface area contributed by atoms with E-state index in [1.807, 2.05) is 56.4 Å². The molecule has 122 valence electrons. The van der Waals surface area contributed by atoms with Crippen molar-refractivity contribution in [1.82, 2.24) is 4.98 Å². The van der Waals surface area contributed by atoms with Crippen molar-refractivity contribution in [3.8, 4) is 24.5 Å². The van der Waals surface area contributed by atoms with E-state index in [9.17, 15) is 0 Å². The third-order valence-electron chi connectivity index (χ3n) is 3.05. The van der Waals surface area contributed by atoms with Gasteiger partial charge in [0.25, 0.3) is 0 Å². The summed E-state index contributed by atoms with van der Waals surface area (Å²) in [5, 5.41) is 23.1. The largest absolute Gasteiger partial charge is 0.361 e. The van der Waals surface area contributed by atoms with E-state index in [0.29, 0.717) is 11.1 Å². The van der Waals surface area contributed by atoms with Crippen molar-refractivity contribution in [2.24, 2.45) is 5.14 Å². The second-order valence-corrected chi connectivity index (χ2v) is 4.25. The predicted octanol–water partition coefficient (Wildman–Crippen LogP) is 4.36. The number of hydrogen-bond acceptors (Lipinski definition) is 4. The van der Waals surface area contributed by atoms with Gasteiger partial charge in [0.05, 0.1) is 0 Å². The fourth-order valence-electron chi connectivity index (χ4n) is 1.91. The molecule has 2 rings (SSSR count). The molecule has 0 radical (unpaired) electrons. The van der Waals surface area contributed by atoms with Gasteiger partial charge in [0.2, 0.25) is 0 Å². The number of nitrogens with two attached hydrogens (primary N) is 1. The van der Waals surface area contributed by atoms with Gasteiger partial charge in [-0.3, -0.25) is 5.14 Å². The molecule has 0 spiro atoms. The molecular formula is C19H20N4S. The molecule has 24 heavy (non-hydrogen) atoms. The molecule has 0 atom stereocenters. The maximum atomic E-state index is 8.89. The SMILES string of the molecule is C#C/C(=C\c1ccc2[nH]ccc2c1)C(C)=C(C#N)C#N.CC.NS. The van der Waals surface area contributed by atoms with Crippen LogP contribution in [0.4, 0.5) is 0 Å². The maximum absolute atomic E-state index is 8.89. The first kappa shape index (κ1) is 21.1. The van der Waals surface area contributed by atoms with E-state index in [0.717, 1.165) is 16.5 Å². The number of rotatable bonds is 2. The van der Waals surface area contributed by atoms with Crippen molar-refractivity contribution in [1.29, 1.82) is 10.5 Å². The number of nitriles is 2. The third kappa shape index (κ3) is 5.38. The van der Waals surface area contributed by atoms with Gasteiger partial charge in [0.1, 0.15) is 17.7 Å². The smallest absolute Gasteiger partial charge is 0.133 e. The average Bonchev–Trinajstić information content (AvgIpc) is 3.11. The van der Waals surface area contributed by atoms with Crippen LogP contribution in [0, 0.1) is 35.0 Å². The Labute approximate surface area is 148 Å². The van der Waals surface area contributed by atoms with Gasteiger partial charge < -0.3 is 4.98 Å². The van der Waals surface area contributed by atoms with Gasteiger partial charge >= 0.3 is 0 Å². The Kier molecular flexibility index (Phi) is 10.2. The van der Waals surface area contributed by atoms with Crippen molar-refractivity contribution >= 4 is 29.8 Å². The molecule has 3 N–H and O–H groups in total. The Balaban J connectivity index is 0.00000123. The predicted molar refractivity (Wildman–Crippen MR) is 104 cm³/mol. The first-order valence-corrected chi connectivity index (χ1v) is 7.74. The fraction of sp³-hybridized carbons (Fsp3) is 0.158. The third-order valence-corrected chi connectivity index (χ3v) is 3.05. The van der Waals surface area contributed by atoms with Crippen molar-refractivity contribution in [2.75, 3.05) is 0 Å². The number of nitrogens with one attached hydrogen (secondary N) is 1. The molecule has 2 aromatic rings. The lowest BCUT2D eigenvalue weighted by atomic mass is 10.0. The summed E-state index contributed by atoms with van der Waals surface area (Å²) in [7, 11) is 0. The van der Waals surface area contributed by atoms with Crippen LogP contribution >= 0.6 is 12.8 Å². The van der Waals surface area contributed by atoms with Crippen molar-refractivity contribution in [2.45, 2.75) is 20.8 Å². The molecule has 4 nitrogen and oxygen atoms in total. The summed E-state index contributed by atoms with van der Waals surface area (Å²) in [4.78, 5) is 3.12. The van der Waals surface area contributed by atoms with Crippen LogP contribution in [0.25, 0.3) is 17.0 Å². The number of aromatic amines is 1. The number of H-pyrrole nitrogens is 1. The maximum Gasteiger partial charge on any atom is 0.133 e. The minimum absolute atomic E-state index is 0.0388. The quantitative estimate of drug-likeness (QED) is 0.329. The van der Waals surface area contributed by atoms with Crippen molar-refractivity contribution in [3.63, 3.8) is 0 Å². The lowest BCUT2D eigenvalue weighted by Gasteiger charge is -2.01. The summed E-state index contributed by atoms with van der Waals surface area (Å²) in [5.41, 5.74) is 3.08. The highest BCUT2D eigenvalue weighted by atomic mass is 32.1. The van der Waals surface area contributed by atoms with Crippen LogP contribution in [0.1, 0.15) is 26.3 Å². The van der Waals surface area contributed by atoms with Gasteiger partial charge in [-0.15, -0.1) is 19.2 Å². The minimum Gasteiger partial charge on any atom is -0.361 e. The summed E-state index contributed by atoms with van der Waals surface area (Å²) >= 11 is 3.03. The Morgan fingerprint density at radius 1 is 1.21 bits per heavy atom. The number of allylic oxidation sites excluding steroid dienone is 3. The molecule has 0 bridgehead atoms. The molecular weight excluding hydrogens is 316 g/mol. The fourth-order valence-corrected chi connectivity index (χ4v) is 1.91. The van der Waals surface area contributed by atoms with E-state index in [1.165, 1.54) is 0 Å². The Hall–Kier alpha value is -2.91. The lowest BCUT2D eigenvalue weighted by molar-refractivity contribution is 1.38. The number of hydrogen-bond donors (Lipinski definition) is 3. The van der Waals surface area contributed by atoms with Gasteiger partial charge in [-0.05, 0) is 47.7 Å². The molecule has 0 aliphatic carbocycles. The van der Waals surface area contributed by atoms with Crippen LogP contribution in [0.5, 0.6) is 0 Å². The molecule has 0 unspecified atom stereocenters. The van der Waals surface area contributed by atoms with E-state index >= 15 is 0 Å². The van der Waals surface area contributed by atoms with E-state index in [4.69, 9.17) is 16.9 Å². The van der Waals surface area contributed by atoms with E-state index < -0.39 is 0 Å². The number of terminal acetylenes is 1. The van der Waals surface area contributed by atoms with Crippen LogP contribution < -0.4 is 5.14 Å². The molecule has 0 amide bonds. The first-order chi connectivity index (χ1) is 11.7. The number of benzene rings is 1. The van der Waals surface area contributed by atoms with Crippen LogP contribution in [0.2, 0.25) is 0 Å². The standard InChI is InChI=1S/C17H11N3.C2H6.H3NS/c1-3-14(12(2)16(10-18)11-19)8-13-4-5-17-15(9-13)6-7-20-17;2*1-2/h1,4-9,20H,2H3;1-2H3;2H,1H2/b14-8+;;. The number of aromatic nitrogens is 1. The van der Waals surface area contributed by atoms with E-state index in [1.54, 1.807) is 13.0 Å². The monoisotopic (exact) mass is 336 g/mol. The molecule has 1 heterocycles. The highest BCUT2D eigenvalue weighted by Gasteiger charge is 2.05. The summed E-state index contributed by atoms with van der Waals surface area (Å²) in [5.74, 6) is 2.53. The van der Waals surface area contributed by atoms with E-state index in [-0.39, 0.29) is 5.57 Å². The first-order valence-electron chi connectivity index (χ1n) is 7.22. The second kappa shape index (κ2) is 11.6. The molecule has 1 aromatic carbocycles. The molecule has 5 heteroatoms. The highest BCUT2D eigenvalue weighted by Crippen LogP contribution is 2.20. The average molecular weight is 336 g/mol. The van der Waals surface area contributed by atoms with Crippen molar-refractivity contribution in [3.05, 3.63) is 52.7 Å². The van der Waals surface area contributed by atoms with Crippen LogP contribution in [0.15, 0.2) is 47.2 Å². The number of fused-ring (bicyclic) bond motifs is 1. The molecule has 0 saturated carbocycles. The van der Waals surface area contributed by atoms with Gasteiger partial charge in [-0.25, -0.2) is 0 Å². The summed E-state index contributed by atoms with van der Waals surface area (Å²) in [6.07, 6.45) is 9.16. The molecule has 0 aliphatic heterocycles. The van der Waals surface area contributed by atoms with Gasteiger partial charge in [0.15, 0.2) is 0 Å². The Morgan fingerprint density at radius 3 is 2.38 bits per heavy atom. The lowest BCUT2D eigenvalue weighted by Crippen LogP contribution is -1.88. The van der Waals surface area contributed by atoms with Crippen LogP contribution in [-0.4, -0.2) is 4.98 Å². The van der Waals surface area contributed by atoms with Gasteiger partial charge in [-0.1, -0.05) is 25.8 Å². The number of nitrogens with zero attached hydrogens (tertiary/aromatic N) is 2. The summed E-state index contributed by atoms with van der Waals surface area (Å²) < 4.78 is 0. The second-order valence-electron chi connectivity index (χ2n) is 4.25. The Bertz CT molecular complexity index is 836. The van der Waals surface area contributed by atoms with Crippen LogP contribution in [0.3, 0.4) is 0 Å². The molecule has 0 fully saturated rings. The molecule has 1 aromatic heterocycles. The number of thiol groups is 1. The van der Waals surface area contributed by atoms with Gasteiger partial charge in [-0.2, -0.15) is 10.5 Å². The van der Waals surface area contributed by atoms with Crippen molar-refractivity contribution < 1.29 is 0 Å². The summed E-state index contributed by atoms with van der Waals surface area (Å²) in [6.45, 7) is 5.68. The highest BCUT2D eigenvalue weighted by molar-refractivity contribution is 7.77. The topological polar surface area (TPSA) is 89.4 Å². The molecule has 0 aliphatic rings. The minimum atomic E-state index is 0.0388. The zero-order valence-electron chi connectivity index (χ0n) is 14.0. The zero-order valence-corrected chi connectivity index (χ0v) is 14.9. The Morgan fingerprint density at radius 2 is 1.83 bits per heavy atom. The summed E-state index contributed by atoms with van der Waals surface area (Å²) in [6, 6.07) is 11.6. The van der Waals surface area contributed by atoms with Crippen LogP contribution in [-0.2, 0) is 0 Å². The molecule has 0 saturated heterocycles.